The van der Waals surface area contributed by atoms with Crippen molar-refractivity contribution in [1.29, 1.82) is 0 Å². The predicted octanol–water partition coefficient (Wildman–Crippen LogP) is 2.40. The molecule has 19 heavy (non-hydrogen) atoms. The van der Waals surface area contributed by atoms with Gasteiger partial charge in [0.2, 0.25) is 5.95 Å². The van der Waals surface area contributed by atoms with Crippen LogP contribution in [-0.4, -0.2) is 9.97 Å². The minimum absolute atomic E-state index is 0.125. The summed E-state index contributed by atoms with van der Waals surface area (Å²) in [4.78, 5) is 8.20. The van der Waals surface area contributed by atoms with Crippen molar-refractivity contribution in [3.8, 4) is 11.1 Å². The Morgan fingerprint density at radius 1 is 1.16 bits per heavy atom. The number of nitrogens with two attached hydrogens (primary N) is 2. The van der Waals surface area contributed by atoms with Gasteiger partial charge in [0.1, 0.15) is 5.82 Å². The van der Waals surface area contributed by atoms with Crippen molar-refractivity contribution in [1.82, 2.24) is 9.97 Å². The van der Waals surface area contributed by atoms with Gasteiger partial charge in [-0.1, -0.05) is 30.7 Å². The Kier molecular flexibility index (Phi) is 5.99. The Balaban J connectivity index is 0.000000861. The molecule has 1 heterocycles. The van der Waals surface area contributed by atoms with Crippen LogP contribution in [0, 0.1) is 0 Å². The molecule has 7 heteroatoms. The molecular weight excluding hydrogens is 317 g/mol. The van der Waals surface area contributed by atoms with Crippen molar-refractivity contribution in [2.75, 3.05) is 11.5 Å². The van der Waals surface area contributed by atoms with Crippen molar-refractivity contribution in [3.63, 3.8) is 0 Å². The SMILES string of the molecule is CCc1nc(N)nc(N)c1-c1ccc(Cl)cc1.[O]=[Zn]. The van der Waals surface area contributed by atoms with E-state index in [1.165, 1.54) is 0 Å². The molecule has 0 unspecified atom stereocenters. The fourth-order valence-corrected chi connectivity index (χ4v) is 1.86. The Hall–Kier alpha value is -1.39. The number of anilines is 2. The molecule has 0 fully saturated rings. The van der Waals surface area contributed by atoms with Gasteiger partial charge in [-0.3, -0.25) is 0 Å². The summed E-state index contributed by atoms with van der Waals surface area (Å²) in [6.45, 7) is 2.00. The number of aromatic nitrogens is 2. The summed E-state index contributed by atoms with van der Waals surface area (Å²) in [6.07, 6.45) is 0.745. The third kappa shape index (κ3) is 3.79. The summed E-state index contributed by atoms with van der Waals surface area (Å²) in [5.41, 5.74) is 14.1. The molecule has 4 N–H and O–H groups in total. The Labute approximate surface area is 126 Å². The number of hydrogen-bond acceptors (Lipinski definition) is 5. The van der Waals surface area contributed by atoms with E-state index in [4.69, 9.17) is 26.6 Å². The molecule has 1 aromatic carbocycles. The van der Waals surface area contributed by atoms with E-state index < -0.39 is 0 Å². The minimum atomic E-state index is 0.125. The second-order valence-electron chi connectivity index (χ2n) is 3.65. The second-order valence-corrected chi connectivity index (χ2v) is 4.09. The van der Waals surface area contributed by atoms with Crippen LogP contribution in [0.1, 0.15) is 12.6 Å². The average Bonchev–Trinajstić information content (AvgIpc) is 2.41. The molecule has 0 saturated carbocycles. The van der Waals surface area contributed by atoms with Gasteiger partial charge in [-0.25, -0.2) is 4.98 Å². The molecule has 96 valence electrons. The van der Waals surface area contributed by atoms with E-state index in [-0.39, 0.29) is 24.2 Å². The van der Waals surface area contributed by atoms with Gasteiger partial charge in [0, 0.05) is 10.6 Å². The first-order valence-electron chi connectivity index (χ1n) is 5.58. The van der Waals surface area contributed by atoms with Crippen LogP contribution in [0.2, 0.25) is 5.02 Å². The summed E-state index contributed by atoms with van der Waals surface area (Å²) in [7, 11) is 0. The fourth-order valence-electron chi connectivity index (χ4n) is 1.73. The van der Waals surface area contributed by atoms with Crippen LogP contribution >= 0.6 is 11.6 Å². The number of aryl methyl sites for hydroxylation is 1. The van der Waals surface area contributed by atoms with Gasteiger partial charge in [-0.2, -0.15) is 4.98 Å². The van der Waals surface area contributed by atoms with Crippen LogP contribution in [0.15, 0.2) is 24.3 Å². The van der Waals surface area contributed by atoms with Gasteiger partial charge in [-0.05, 0) is 24.1 Å². The van der Waals surface area contributed by atoms with Crippen LogP contribution in [0.5, 0.6) is 0 Å². The molecule has 0 atom stereocenters. The van der Waals surface area contributed by atoms with E-state index in [9.17, 15) is 0 Å². The van der Waals surface area contributed by atoms with Crippen molar-refractivity contribution in [3.05, 3.63) is 35.0 Å². The molecule has 0 aliphatic heterocycles. The first kappa shape index (κ1) is 15.7. The third-order valence-corrected chi connectivity index (χ3v) is 2.75. The maximum absolute atomic E-state index is 8.38. The fraction of sp³-hybridized carbons (Fsp3) is 0.167. The topological polar surface area (TPSA) is 94.9 Å². The van der Waals surface area contributed by atoms with Crippen molar-refractivity contribution in [2.24, 2.45) is 0 Å². The van der Waals surface area contributed by atoms with Gasteiger partial charge in [0.25, 0.3) is 0 Å². The molecule has 1 aromatic heterocycles. The van der Waals surface area contributed by atoms with Crippen LogP contribution in [0.25, 0.3) is 11.1 Å². The number of benzene rings is 1. The van der Waals surface area contributed by atoms with Gasteiger partial charge < -0.3 is 11.5 Å². The van der Waals surface area contributed by atoms with Gasteiger partial charge in [0.05, 0.1) is 5.69 Å². The first-order valence-corrected chi connectivity index (χ1v) is 7.17. The summed E-state index contributed by atoms with van der Waals surface area (Å²) >= 11 is 5.98. The van der Waals surface area contributed by atoms with Crippen molar-refractivity contribution in [2.45, 2.75) is 13.3 Å². The van der Waals surface area contributed by atoms with Gasteiger partial charge in [0.15, 0.2) is 0 Å². The molecule has 0 bridgehead atoms. The molecular formula is C12H13ClN4OZn. The summed E-state index contributed by atoms with van der Waals surface area (Å²) in [5.74, 6) is 0.605. The predicted molar refractivity (Wildman–Crippen MR) is 71.4 cm³/mol. The van der Waals surface area contributed by atoms with Crippen LogP contribution in [0.4, 0.5) is 11.8 Å². The standard InChI is InChI=1S/C12H13ClN4.O.Zn/c1-2-9-10(11(14)17-12(15)16-9)7-3-5-8(13)6-4-7;;/h3-6H,2H2,1H3,(H4,14,15,16,17);;. The second kappa shape index (κ2) is 7.26. The number of rotatable bonds is 2. The molecule has 0 amide bonds. The monoisotopic (exact) mass is 328 g/mol. The Bertz CT molecular complexity index is 562. The van der Waals surface area contributed by atoms with E-state index in [0.29, 0.717) is 10.8 Å². The van der Waals surface area contributed by atoms with E-state index >= 15 is 0 Å². The first-order chi connectivity index (χ1) is 9.11. The summed E-state index contributed by atoms with van der Waals surface area (Å²) < 4.78 is 8.38. The molecule has 0 aliphatic carbocycles. The Morgan fingerprint density at radius 2 is 1.74 bits per heavy atom. The van der Waals surface area contributed by atoms with Crippen LogP contribution in [-0.2, 0) is 28.2 Å². The quantitative estimate of drug-likeness (QED) is 0.825. The third-order valence-electron chi connectivity index (χ3n) is 2.50. The number of nitrogens with zero attached hydrogens (tertiary/aromatic N) is 2. The molecule has 2 aromatic rings. The number of halogens is 1. The van der Waals surface area contributed by atoms with Gasteiger partial charge in [-0.15, -0.1) is 0 Å². The van der Waals surface area contributed by atoms with E-state index in [0.717, 1.165) is 23.2 Å². The van der Waals surface area contributed by atoms with Crippen LogP contribution < -0.4 is 11.5 Å². The maximum atomic E-state index is 8.38. The zero-order valence-corrected chi connectivity index (χ0v) is 14.3. The normalized spacial score (nSPS) is 9.68. The van der Waals surface area contributed by atoms with Gasteiger partial charge >= 0.3 is 21.8 Å². The zero-order valence-electron chi connectivity index (χ0n) is 10.6. The molecule has 0 radical (unpaired) electrons. The molecule has 0 saturated heterocycles. The number of hydrogen-bond donors (Lipinski definition) is 2. The molecule has 5 nitrogen and oxygen atoms in total. The molecule has 2 rings (SSSR count). The Morgan fingerprint density at radius 3 is 2.26 bits per heavy atom. The average molecular weight is 330 g/mol. The van der Waals surface area contributed by atoms with Crippen molar-refractivity contribution >= 4 is 23.4 Å². The van der Waals surface area contributed by atoms with Crippen LogP contribution in [0.3, 0.4) is 0 Å². The van der Waals surface area contributed by atoms with E-state index in [1.807, 2.05) is 31.2 Å². The molecule has 0 spiro atoms. The van der Waals surface area contributed by atoms with E-state index in [2.05, 4.69) is 9.97 Å². The summed E-state index contributed by atoms with van der Waals surface area (Å²) in [6, 6.07) is 7.41. The number of nitrogen functional groups attached to an aromatic ring is 2. The van der Waals surface area contributed by atoms with E-state index in [1.54, 1.807) is 0 Å². The zero-order chi connectivity index (χ0) is 14.4. The van der Waals surface area contributed by atoms with Crippen molar-refractivity contribution < 1.29 is 21.8 Å². The summed E-state index contributed by atoms with van der Waals surface area (Å²) in [5, 5.41) is 0.682. The molecule has 0 aliphatic rings.